The predicted octanol–water partition coefficient (Wildman–Crippen LogP) is 1.21. The summed E-state index contributed by atoms with van der Waals surface area (Å²) in [6.45, 7) is 2.15. The first-order valence-electron chi connectivity index (χ1n) is 6.33. The Kier molecular flexibility index (Phi) is 4.52. The van der Waals surface area contributed by atoms with Gasteiger partial charge >= 0.3 is 0 Å². The van der Waals surface area contributed by atoms with E-state index in [-0.39, 0.29) is 5.91 Å². The summed E-state index contributed by atoms with van der Waals surface area (Å²) in [5.41, 5.74) is 6.57. The van der Waals surface area contributed by atoms with Crippen LogP contribution in [-0.4, -0.2) is 30.6 Å². The average molecular weight is 249 g/mol. The van der Waals surface area contributed by atoms with Crippen LogP contribution >= 0.6 is 0 Å². The highest BCUT2D eigenvalue weighted by Gasteiger charge is 2.20. The first-order valence-corrected chi connectivity index (χ1v) is 6.33. The molecule has 5 nitrogen and oxygen atoms in total. The largest absolute Gasteiger partial charge is 0.398 e. The van der Waals surface area contributed by atoms with E-state index in [2.05, 4.69) is 10.3 Å². The molecule has 0 spiro atoms. The molecule has 1 amide bonds. The van der Waals surface area contributed by atoms with Crippen molar-refractivity contribution in [3.63, 3.8) is 0 Å². The number of hydrogen-bond donors (Lipinski definition) is 2. The van der Waals surface area contributed by atoms with Gasteiger partial charge in [0, 0.05) is 37.8 Å². The Labute approximate surface area is 107 Å². The summed E-state index contributed by atoms with van der Waals surface area (Å²) >= 11 is 0. The Hall–Kier alpha value is -1.62. The molecular formula is C13H19N3O2. The topological polar surface area (TPSA) is 77.2 Å². The minimum Gasteiger partial charge on any atom is -0.398 e. The lowest BCUT2D eigenvalue weighted by Gasteiger charge is -2.07. The van der Waals surface area contributed by atoms with Gasteiger partial charge in [-0.25, -0.2) is 0 Å². The van der Waals surface area contributed by atoms with Crippen molar-refractivity contribution in [1.82, 2.24) is 10.3 Å². The van der Waals surface area contributed by atoms with Crippen molar-refractivity contribution in [1.29, 1.82) is 0 Å². The molecule has 0 radical (unpaired) electrons. The second-order valence-corrected chi connectivity index (χ2v) is 4.59. The predicted molar refractivity (Wildman–Crippen MR) is 69.1 cm³/mol. The number of carbonyl (C=O) groups is 1. The fraction of sp³-hybridized carbons (Fsp3) is 0.538. The molecule has 1 aliphatic carbocycles. The van der Waals surface area contributed by atoms with Crippen LogP contribution in [0.3, 0.4) is 0 Å². The standard InChI is InChI=1S/C13H19N3O2/c14-12-4-6-15-8-11(12)13(17)16-5-1-7-18-9-10-2-3-10/h4,6,8,10H,1-3,5,7,9H2,(H2,14,15)(H,16,17). The summed E-state index contributed by atoms with van der Waals surface area (Å²) in [5.74, 6) is 0.609. The third-order valence-electron chi connectivity index (χ3n) is 2.90. The molecule has 3 N–H and O–H groups in total. The molecule has 2 rings (SSSR count). The molecule has 0 unspecified atom stereocenters. The molecule has 0 aromatic carbocycles. The lowest BCUT2D eigenvalue weighted by atomic mass is 10.2. The van der Waals surface area contributed by atoms with E-state index in [9.17, 15) is 4.79 Å². The molecule has 1 fully saturated rings. The van der Waals surface area contributed by atoms with Crippen LogP contribution in [-0.2, 0) is 4.74 Å². The van der Waals surface area contributed by atoms with Crippen molar-refractivity contribution in [3.8, 4) is 0 Å². The van der Waals surface area contributed by atoms with Crippen LogP contribution < -0.4 is 11.1 Å². The van der Waals surface area contributed by atoms with Gasteiger partial charge in [0.2, 0.25) is 0 Å². The van der Waals surface area contributed by atoms with Crippen molar-refractivity contribution < 1.29 is 9.53 Å². The van der Waals surface area contributed by atoms with Gasteiger partial charge < -0.3 is 15.8 Å². The highest BCUT2D eigenvalue weighted by molar-refractivity contribution is 5.98. The minimum atomic E-state index is -0.178. The molecule has 0 atom stereocenters. The third kappa shape index (κ3) is 4.00. The number of nitrogen functional groups attached to an aromatic ring is 1. The SMILES string of the molecule is Nc1ccncc1C(=O)NCCCOCC1CC1. The van der Waals surface area contributed by atoms with Gasteiger partial charge in [0.25, 0.3) is 5.91 Å². The Morgan fingerprint density at radius 1 is 1.56 bits per heavy atom. The molecule has 0 saturated heterocycles. The number of hydrogen-bond acceptors (Lipinski definition) is 4. The zero-order valence-corrected chi connectivity index (χ0v) is 10.4. The van der Waals surface area contributed by atoms with Gasteiger partial charge in [0.1, 0.15) is 0 Å². The Morgan fingerprint density at radius 3 is 3.11 bits per heavy atom. The van der Waals surface area contributed by atoms with E-state index in [0.717, 1.165) is 18.9 Å². The Bertz CT molecular complexity index is 405. The summed E-state index contributed by atoms with van der Waals surface area (Å²) in [6.07, 6.45) is 6.47. The number of nitrogens with zero attached hydrogens (tertiary/aromatic N) is 1. The van der Waals surface area contributed by atoms with Gasteiger partial charge in [-0.3, -0.25) is 9.78 Å². The van der Waals surface area contributed by atoms with Crippen LogP contribution in [0.2, 0.25) is 0 Å². The average Bonchev–Trinajstić information content (AvgIpc) is 3.18. The molecule has 18 heavy (non-hydrogen) atoms. The second kappa shape index (κ2) is 6.35. The summed E-state index contributed by atoms with van der Waals surface area (Å²) in [5, 5.41) is 2.80. The van der Waals surface area contributed by atoms with E-state index in [0.29, 0.717) is 24.4 Å². The molecule has 0 aliphatic heterocycles. The second-order valence-electron chi connectivity index (χ2n) is 4.59. The Balaban J connectivity index is 1.60. The van der Waals surface area contributed by atoms with E-state index < -0.39 is 0 Å². The number of nitrogens with one attached hydrogen (secondary N) is 1. The van der Waals surface area contributed by atoms with E-state index in [1.54, 1.807) is 12.3 Å². The first kappa shape index (κ1) is 12.8. The number of nitrogens with two attached hydrogens (primary N) is 1. The summed E-state index contributed by atoms with van der Waals surface area (Å²) < 4.78 is 5.48. The van der Waals surface area contributed by atoms with Gasteiger partial charge in [-0.05, 0) is 31.2 Å². The first-order chi connectivity index (χ1) is 8.77. The maximum absolute atomic E-state index is 11.7. The minimum absolute atomic E-state index is 0.178. The molecule has 1 aromatic heterocycles. The van der Waals surface area contributed by atoms with E-state index in [4.69, 9.17) is 10.5 Å². The van der Waals surface area contributed by atoms with Crippen molar-refractivity contribution in [2.24, 2.45) is 5.92 Å². The molecule has 1 heterocycles. The lowest BCUT2D eigenvalue weighted by Crippen LogP contribution is -2.26. The maximum atomic E-state index is 11.7. The molecule has 1 saturated carbocycles. The molecule has 1 aliphatic rings. The van der Waals surface area contributed by atoms with E-state index >= 15 is 0 Å². The molecule has 0 bridgehead atoms. The fourth-order valence-corrected chi connectivity index (χ4v) is 1.60. The van der Waals surface area contributed by atoms with Crippen LogP contribution in [0.5, 0.6) is 0 Å². The smallest absolute Gasteiger partial charge is 0.254 e. The summed E-state index contributed by atoms with van der Waals surface area (Å²) in [7, 11) is 0. The molecular weight excluding hydrogens is 230 g/mol. The normalized spacial score (nSPS) is 14.4. The van der Waals surface area contributed by atoms with Crippen LogP contribution in [0, 0.1) is 5.92 Å². The maximum Gasteiger partial charge on any atom is 0.254 e. The van der Waals surface area contributed by atoms with Gasteiger partial charge in [-0.1, -0.05) is 0 Å². The van der Waals surface area contributed by atoms with Crippen molar-refractivity contribution in [2.45, 2.75) is 19.3 Å². The highest BCUT2D eigenvalue weighted by Crippen LogP contribution is 2.28. The summed E-state index contributed by atoms with van der Waals surface area (Å²) in [6, 6.07) is 1.62. The van der Waals surface area contributed by atoms with Crippen molar-refractivity contribution >= 4 is 11.6 Å². The zero-order valence-electron chi connectivity index (χ0n) is 10.4. The van der Waals surface area contributed by atoms with Crippen LogP contribution in [0.1, 0.15) is 29.6 Å². The monoisotopic (exact) mass is 249 g/mol. The number of rotatable bonds is 7. The van der Waals surface area contributed by atoms with Gasteiger partial charge in [-0.15, -0.1) is 0 Å². The lowest BCUT2D eigenvalue weighted by molar-refractivity contribution is 0.0938. The van der Waals surface area contributed by atoms with Crippen LogP contribution in [0.15, 0.2) is 18.5 Å². The number of pyridine rings is 1. The third-order valence-corrected chi connectivity index (χ3v) is 2.90. The van der Waals surface area contributed by atoms with Crippen LogP contribution in [0.25, 0.3) is 0 Å². The molecule has 5 heteroatoms. The number of ether oxygens (including phenoxy) is 1. The number of anilines is 1. The van der Waals surface area contributed by atoms with Crippen LogP contribution in [0.4, 0.5) is 5.69 Å². The van der Waals surface area contributed by atoms with Gasteiger partial charge in [0.05, 0.1) is 5.56 Å². The number of aromatic nitrogens is 1. The van der Waals surface area contributed by atoms with Gasteiger partial charge in [-0.2, -0.15) is 0 Å². The zero-order chi connectivity index (χ0) is 12.8. The number of carbonyl (C=O) groups excluding carboxylic acids is 1. The van der Waals surface area contributed by atoms with Gasteiger partial charge in [0.15, 0.2) is 0 Å². The fourth-order valence-electron chi connectivity index (χ4n) is 1.60. The van der Waals surface area contributed by atoms with Crippen molar-refractivity contribution in [3.05, 3.63) is 24.0 Å². The highest BCUT2D eigenvalue weighted by atomic mass is 16.5. The number of amides is 1. The molecule has 1 aromatic rings. The summed E-state index contributed by atoms with van der Waals surface area (Å²) in [4.78, 5) is 15.6. The Morgan fingerprint density at radius 2 is 2.39 bits per heavy atom. The van der Waals surface area contributed by atoms with E-state index in [1.807, 2.05) is 0 Å². The van der Waals surface area contributed by atoms with Crippen molar-refractivity contribution in [2.75, 3.05) is 25.5 Å². The van der Waals surface area contributed by atoms with E-state index in [1.165, 1.54) is 19.0 Å². The molecule has 98 valence electrons. The quantitative estimate of drug-likeness (QED) is 0.712.